The highest BCUT2D eigenvalue weighted by Gasteiger charge is 2.16. The van der Waals surface area contributed by atoms with Crippen LogP contribution in [0.4, 0.5) is 5.69 Å². The highest BCUT2D eigenvalue weighted by Crippen LogP contribution is 2.36. The van der Waals surface area contributed by atoms with E-state index in [-0.39, 0.29) is 0 Å². The van der Waals surface area contributed by atoms with Crippen LogP contribution in [-0.4, -0.2) is 19.2 Å². The van der Waals surface area contributed by atoms with Gasteiger partial charge in [0.2, 0.25) is 0 Å². The maximum atomic E-state index is 10.6. The highest BCUT2D eigenvalue weighted by atomic mass is 16.3. The second kappa shape index (κ2) is 7.42. The molecule has 0 fully saturated rings. The van der Waals surface area contributed by atoms with E-state index in [1.807, 2.05) is 0 Å². The van der Waals surface area contributed by atoms with Crippen LogP contribution in [0.3, 0.4) is 0 Å². The molecule has 1 aromatic carbocycles. The van der Waals surface area contributed by atoms with Gasteiger partial charge < -0.3 is 10.0 Å². The number of hydrogen-bond acceptors (Lipinski definition) is 2. The summed E-state index contributed by atoms with van der Waals surface area (Å²) in [5, 5.41) is 10.6. The van der Waals surface area contributed by atoms with Crippen molar-refractivity contribution in [1.29, 1.82) is 0 Å². The molecule has 2 heteroatoms. The number of rotatable bonds is 7. The molecule has 0 radical (unpaired) electrons. The first-order valence-corrected chi connectivity index (χ1v) is 7.54. The number of aryl methyl sites for hydroxylation is 2. The smallest absolute Gasteiger partial charge is 0.124 e. The molecule has 0 aromatic heterocycles. The van der Waals surface area contributed by atoms with Gasteiger partial charge in [-0.2, -0.15) is 0 Å². The van der Waals surface area contributed by atoms with Crippen molar-refractivity contribution in [3.8, 4) is 5.75 Å². The first kappa shape index (κ1) is 15.9. The zero-order valence-electron chi connectivity index (χ0n) is 13.2. The maximum absolute atomic E-state index is 10.6. The molecule has 1 aromatic rings. The summed E-state index contributed by atoms with van der Waals surface area (Å²) >= 11 is 0. The summed E-state index contributed by atoms with van der Waals surface area (Å²) in [6.07, 6.45) is 6.54. The Bertz CT molecular complexity index is 410. The van der Waals surface area contributed by atoms with Gasteiger partial charge in [0.1, 0.15) is 5.75 Å². The van der Waals surface area contributed by atoms with Crippen molar-refractivity contribution in [2.75, 3.05) is 19.0 Å². The normalized spacial score (nSPS) is 10.8. The predicted molar refractivity (Wildman–Crippen MR) is 84.4 cm³/mol. The number of phenolic OH excluding ortho intramolecular Hbond substituents is 1. The van der Waals surface area contributed by atoms with E-state index < -0.39 is 0 Å². The third-order valence-electron chi connectivity index (χ3n) is 3.67. The Morgan fingerprint density at radius 3 is 2.16 bits per heavy atom. The summed E-state index contributed by atoms with van der Waals surface area (Å²) in [4.78, 5) is 2.13. The third kappa shape index (κ3) is 3.89. The minimum absolute atomic E-state index is 0.538. The van der Waals surface area contributed by atoms with Crippen LogP contribution in [0.1, 0.15) is 56.2 Å². The Morgan fingerprint density at radius 2 is 1.63 bits per heavy atom. The Morgan fingerprint density at radius 1 is 1.05 bits per heavy atom. The quantitative estimate of drug-likeness (QED) is 0.785. The number of nitrogens with zero attached hydrogens (tertiary/aromatic N) is 1. The molecule has 0 spiro atoms. The molecule has 0 saturated carbocycles. The Kier molecular flexibility index (Phi) is 6.20. The van der Waals surface area contributed by atoms with E-state index in [1.165, 1.54) is 11.3 Å². The molecule has 0 aliphatic carbocycles. The lowest BCUT2D eigenvalue weighted by Gasteiger charge is -2.23. The molecule has 0 atom stereocenters. The van der Waals surface area contributed by atoms with E-state index in [4.69, 9.17) is 0 Å². The summed E-state index contributed by atoms with van der Waals surface area (Å²) in [6, 6.07) is 2.16. The van der Waals surface area contributed by atoms with Crippen molar-refractivity contribution in [2.24, 2.45) is 0 Å². The maximum Gasteiger partial charge on any atom is 0.124 e. The molecule has 2 nitrogen and oxygen atoms in total. The molecule has 0 saturated heterocycles. The molecule has 19 heavy (non-hydrogen) atoms. The average molecular weight is 263 g/mol. The van der Waals surface area contributed by atoms with Gasteiger partial charge in [0.05, 0.1) is 0 Å². The number of hydrogen-bond donors (Lipinski definition) is 1. The average Bonchev–Trinajstić information content (AvgIpc) is 2.36. The van der Waals surface area contributed by atoms with Crippen LogP contribution >= 0.6 is 0 Å². The molecule has 0 amide bonds. The Hall–Kier alpha value is -1.18. The summed E-state index contributed by atoms with van der Waals surface area (Å²) in [5.74, 6) is 0.538. The van der Waals surface area contributed by atoms with Crippen LogP contribution in [-0.2, 0) is 12.8 Å². The number of phenols is 1. The topological polar surface area (TPSA) is 23.5 Å². The van der Waals surface area contributed by atoms with Gasteiger partial charge in [0, 0.05) is 25.3 Å². The van der Waals surface area contributed by atoms with Crippen LogP contribution in [0.25, 0.3) is 0 Å². The largest absolute Gasteiger partial charge is 0.507 e. The van der Waals surface area contributed by atoms with Crippen molar-refractivity contribution in [3.63, 3.8) is 0 Å². The highest BCUT2D eigenvalue weighted by molar-refractivity contribution is 5.65. The molecule has 1 rings (SSSR count). The van der Waals surface area contributed by atoms with Gasteiger partial charge in [-0.25, -0.2) is 0 Å². The van der Waals surface area contributed by atoms with Crippen LogP contribution in [0, 0.1) is 6.92 Å². The van der Waals surface area contributed by atoms with Gasteiger partial charge in [-0.3, -0.25) is 0 Å². The molecule has 0 aliphatic rings. The van der Waals surface area contributed by atoms with E-state index in [1.54, 1.807) is 0 Å². The Balaban J connectivity index is 3.22. The number of anilines is 1. The standard InChI is InChI=1S/C17H29NO/c1-6-8-10-14-12-13(3)16(18(4)5)15(17(14)19)11-9-7-2/h12,19H,6-11H2,1-5H3. The van der Waals surface area contributed by atoms with E-state index >= 15 is 0 Å². The summed E-state index contributed by atoms with van der Waals surface area (Å²) in [7, 11) is 4.12. The van der Waals surface area contributed by atoms with Crippen molar-refractivity contribution < 1.29 is 5.11 Å². The fraction of sp³-hybridized carbons (Fsp3) is 0.647. The van der Waals surface area contributed by atoms with Crippen LogP contribution in [0.2, 0.25) is 0 Å². The molecule has 0 aliphatic heterocycles. The minimum atomic E-state index is 0.538. The Labute approximate surface area is 118 Å². The van der Waals surface area contributed by atoms with Crippen LogP contribution < -0.4 is 4.90 Å². The van der Waals surface area contributed by atoms with Crippen molar-refractivity contribution >= 4 is 5.69 Å². The SMILES string of the molecule is CCCCc1cc(C)c(N(C)C)c(CCCC)c1O. The van der Waals surface area contributed by atoms with E-state index in [9.17, 15) is 5.11 Å². The van der Waals surface area contributed by atoms with Gasteiger partial charge in [0.25, 0.3) is 0 Å². The van der Waals surface area contributed by atoms with Gasteiger partial charge in [-0.1, -0.05) is 32.8 Å². The molecule has 0 heterocycles. The van der Waals surface area contributed by atoms with Crippen LogP contribution in [0.15, 0.2) is 6.07 Å². The van der Waals surface area contributed by atoms with Gasteiger partial charge in [-0.05, 0) is 43.7 Å². The predicted octanol–water partition coefficient (Wildman–Crippen LogP) is 4.45. The molecule has 0 bridgehead atoms. The van der Waals surface area contributed by atoms with E-state index in [2.05, 4.69) is 45.8 Å². The second-order valence-electron chi connectivity index (χ2n) is 5.63. The van der Waals surface area contributed by atoms with Crippen molar-refractivity contribution in [2.45, 2.75) is 59.3 Å². The van der Waals surface area contributed by atoms with Gasteiger partial charge in [-0.15, -0.1) is 0 Å². The van der Waals surface area contributed by atoms with Crippen LogP contribution in [0.5, 0.6) is 5.75 Å². The summed E-state index contributed by atoms with van der Waals surface area (Å²) < 4.78 is 0. The molecule has 0 unspecified atom stereocenters. The lowest BCUT2D eigenvalue weighted by molar-refractivity contribution is 0.458. The lowest BCUT2D eigenvalue weighted by atomic mass is 9.94. The fourth-order valence-corrected chi connectivity index (χ4v) is 2.71. The first-order valence-electron chi connectivity index (χ1n) is 7.54. The first-order chi connectivity index (χ1) is 9.02. The zero-order chi connectivity index (χ0) is 14.4. The zero-order valence-corrected chi connectivity index (χ0v) is 13.2. The minimum Gasteiger partial charge on any atom is -0.507 e. The van der Waals surface area contributed by atoms with Crippen molar-refractivity contribution in [1.82, 2.24) is 0 Å². The second-order valence-corrected chi connectivity index (χ2v) is 5.63. The molecular formula is C17H29NO. The molecule has 1 N–H and O–H groups in total. The van der Waals surface area contributed by atoms with E-state index in [0.29, 0.717) is 5.75 Å². The summed E-state index contributed by atoms with van der Waals surface area (Å²) in [5.41, 5.74) is 4.74. The van der Waals surface area contributed by atoms with Crippen molar-refractivity contribution in [3.05, 3.63) is 22.8 Å². The molecular weight excluding hydrogens is 234 g/mol. The molecule has 108 valence electrons. The fourth-order valence-electron chi connectivity index (χ4n) is 2.71. The van der Waals surface area contributed by atoms with Gasteiger partial charge >= 0.3 is 0 Å². The number of benzene rings is 1. The van der Waals surface area contributed by atoms with Gasteiger partial charge in [0.15, 0.2) is 0 Å². The third-order valence-corrected chi connectivity index (χ3v) is 3.67. The monoisotopic (exact) mass is 263 g/mol. The number of aromatic hydroxyl groups is 1. The summed E-state index contributed by atoms with van der Waals surface area (Å²) in [6.45, 7) is 6.54. The van der Waals surface area contributed by atoms with E-state index in [0.717, 1.165) is 49.7 Å². The lowest BCUT2D eigenvalue weighted by Crippen LogP contribution is -2.14. The number of unbranched alkanes of at least 4 members (excludes halogenated alkanes) is 2.